The van der Waals surface area contributed by atoms with Gasteiger partial charge in [0.2, 0.25) is 5.91 Å². The van der Waals surface area contributed by atoms with Crippen LogP contribution in [0.5, 0.6) is 11.5 Å². The van der Waals surface area contributed by atoms with Crippen molar-refractivity contribution in [3.63, 3.8) is 0 Å². The van der Waals surface area contributed by atoms with Gasteiger partial charge in [-0.1, -0.05) is 23.9 Å². The minimum atomic E-state index is -0.327. The van der Waals surface area contributed by atoms with Crippen molar-refractivity contribution >= 4 is 29.0 Å². The third kappa shape index (κ3) is 3.60. The standard InChI is InChI=1S/C20H20N4O3S2/c1-23-19(16-11-26-14-4-2-3-5-15(14)27-16)21-22-20(23)29-12-18(25)24-8-6-17-13(10-24)7-9-28-17/h2-5,7,9,16H,6,8,10-12H2,1H3/t16-/m0/s1. The summed E-state index contributed by atoms with van der Waals surface area (Å²) in [6, 6.07) is 9.70. The molecule has 0 unspecified atom stereocenters. The predicted molar refractivity (Wildman–Crippen MR) is 110 cm³/mol. The lowest BCUT2D eigenvalue weighted by Crippen LogP contribution is -2.36. The van der Waals surface area contributed by atoms with Gasteiger partial charge in [0.1, 0.15) is 6.61 Å². The summed E-state index contributed by atoms with van der Waals surface area (Å²) in [6.45, 7) is 1.86. The zero-order chi connectivity index (χ0) is 19.8. The Balaban J connectivity index is 1.22. The number of carbonyl (C=O) groups is 1. The molecule has 0 spiro atoms. The zero-order valence-electron chi connectivity index (χ0n) is 15.9. The number of fused-ring (bicyclic) bond motifs is 2. The summed E-state index contributed by atoms with van der Waals surface area (Å²) in [7, 11) is 1.89. The number of rotatable bonds is 4. The van der Waals surface area contributed by atoms with Gasteiger partial charge < -0.3 is 18.9 Å². The molecule has 1 aromatic carbocycles. The number of amides is 1. The van der Waals surface area contributed by atoms with Crippen molar-refractivity contribution in [3.8, 4) is 11.5 Å². The molecule has 29 heavy (non-hydrogen) atoms. The molecule has 3 aromatic rings. The number of hydrogen-bond donors (Lipinski definition) is 0. The molecule has 0 aliphatic carbocycles. The van der Waals surface area contributed by atoms with Crippen LogP contribution in [0.25, 0.3) is 0 Å². The minimum Gasteiger partial charge on any atom is -0.485 e. The number of benzene rings is 1. The third-order valence-corrected chi connectivity index (χ3v) is 7.18. The van der Waals surface area contributed by atoms with Gasteiger partial charge in [0.15, 0.2) is 28.6 Å². The van der Waals surface area contributed by atoms with Crippen molar-refractivity contribution in [2.24, 2.45) is 7.05 Å². The number of para-hydroxylation sites is 2. The van der Waals surface area contributed by atoms with Gasteiger partial charge in [-0.2, -0.15) is 0 Å². The quantitative estimate of drug-likeness (QED) is 0.595. The van der Waals surface area contributed by atoms with E-state index in [4.69, 9.17) is 9.47 Å². The van der Waals surface area contributed by atoms with Crippen molar-refractivity contribution < 1.29 is 14.3 Å². The SMILES string of the molecule is Cn1c(SCC(=O)N2CCc3sccc3C2)nnc1[C@@H]1COc2ccccc2O1. The average Bonchev–Trinajstić information content (AvgIpc) is 3.37. The second kappa shape index (κ2) is 7.72. The van der Waals surface area contributed by atoms with Gasteiger partial charge in [0, 0.05) is 25.0 Å². The van der Waals surface area contributed by atoms with Crippen LogP contribution in [0.15, 0.2) is 40.9 Å². The smallest absolute Gasteiger partial charge is 0.233 e. The molecule has 0 fully saturated rings. The average molecular weight is 429 g/mol. The van der Waals surface area contributed by atoms with Crippen LogP contribution in [-0.2, 0) is 24.8 Å². The Morgan fingerprint density at radius 2 is 2.14 bits per heavy atom. The Labute approximate surface area is 176 Å². The Kier molecular flexibility index (Phi) is 4.92. The second-order valence-corrected chi connectivity index (χ2v) is 8.93. The number of thioether (sulfide) groups is 1. The fraction of sp³-hybridized carbons (Fsp3) is 0.350. The van der Waals surface area contributed by atoms with E-state index in [9.17, 15) is 4.79 Å². The van der Waals surface area contributed by atoms with E-state index in [1.807, 2.05) is 40.8 Å². The minimum absolute atomic E-state index is 0.127. The van der Waals surface area contributed by atoms with Crippen molar-refractivity contribution in [3.05, 3.63) is 52.0 Å². The molecule has 0 radical (unpaired) electrons. The monoisotopic (exact) mass is 428 g/mol. The van der Waals surface area contributed by atoms with Crippen LogP contribution < -0.4 is 9.47 Å². The maximum atomic E-state index is 12.7. The highest BCUT2D eigenvalue weighted by Gasteiger charge is 2.28. The van der Waals surface area contributed by atoms with Crippen LogP contribution in [0.2, 0.25) is 0 Å². The van der Waals surface area contributed by atoms with E-state index in [2.05, 4.69) is 21.6 Å². The van der Waals surface area contributed by atoms with Gasteiger partial charge >= 0.3 is 0 Å². The highest BCUT2D eigenvalue weighted by molar-refractivity contribution is 7.99. The number of thiophene rings is 1. The maximum Gasteiger partial charge on any atom is 0.233 e. The van der Waals surface area contributed by atoms with E-state index in [-0.39, 0.29) is 12.0 Å². The van der Waals surface area contributed by atoms with Crippen molar-refractivity contribution in [1.82, 2.24) is 19.7 Å². The third-order valence-electron chi connectivity index (χ3n) is 5.15. The van der Waals surface area contributed by atoms with Crippen molar-refractivity contribution in [1.29, 1.82) is 0 Å². The van der Waals surface area contributed by atoms with E-state index >= 15 is 0 Å². The Hall–Kier alpha value is -2.52. The fourth-order valence-corrected chi connectivity index (χ4v) is 5.27. The molecular formula is C20H20N4O3S2. The lowest BCUT2D eigenvalue weighted by atomic mass is 10.1. The van der Waals surface area contributed by atoms with E-state index in [1.54, 1.807) is 11.3 Å². The number of ether oxygens (including phenoxy) is 2. The van der Waals surface area contributed by atoms with Gasteiger partial charge in [-0.25, -0.2) is 0 Å². The molecule has 4 heterocycles. The van der Waals surface area contributed by atoms with Crippen molar-refractivity contribution in [2.45, 2.75) is 24.2 Å². The van der Waals surface area contributed by atoms with E-state index in [1.165, 1.54) is 22.2 Å². The van der Waals surface area contributed by atoms with Gasteiger partial charge in [0.05, 0.1) is 5.75 Å². The topological polar surface area (TPSA) is 69.5 Å². The lowest BCUT2D eigenvalue weighted by molar-refractivity contribution is -0.129. The summed E-state index contributed by atoms with van der Waals surface area (Å²) in [5, 5.41) is 11.4. The predicted octanol–water partition coefficient (Wildman–Crippen LogP) is 3.07. The van der Waals surface area contributed by atoms with Gasteiger partial charge in [-0.05, 0) is 35.6 Å². The number of nitrogens with zero attached hydrogens (tertiary/aromatic N) is 4. The van der Waals surface area contributed by atoms with Crippen LogP contribution in [0.4, 0.5) is 0 Å². The molecule has 2 aliphatic heterocycles. The highest BCUT2D eigenvalue weighted by Crippen LogP contribution is 2.35. The van der Waals surface area contributed by atoms with Crippen LogP contribution >= 0.6 is 23.1 Å². The molecule has 0 N–H and O–H groups in total. The molecule has 7 nitrogen and oxygen atoms in total. The second-order valence-electron chi connectivity index (χ2n) is 6.99. The van der Waals surface area contributed by atoms with Crippen LogP contribution in [-0.4, -0.2) is 44.5 Å². The first-order valence-electron chi connectivity index (χ1n) is 9.42. The normalized spacial score (nSPS) is 17.8. The summed E-state index contributed by atoms with van der Waals surface area (Å²) in [5.74, 6) is 2.60. The van der Waals surface area contributed by atoms with Gasteiger partial charge in [-0.3, -0.25) is 4.79 Å². The molecule has 2 aliphatic rings. The molecule has 150 valence electrons. The summed E-state index contributed by atoms with van der Waals surface area (Å²) in [5.41, 5.74) is 1.27. The van der Waals surface area contributed by atoms with Crippen LogP contribution in [0.3, 0.4) is 0 Å². The summed E-state index contributed by atoms with van der Waals surface area (Å²) >= 11 is 3.18. The first-order chi connectivity index (χ1) is 14.2. The molecule has 1 amide bonds. The summed E-state index contributed by atoms with van der Waals surface area (Å²) in [4.78, 5) is 16.0. The maximum absolute atomic E-state index is 12.7. The molecule has 0 saturated heterocycles. The number of hydrogen-bond acceptors (Lipinski definition) is 7. The lowest BCUT2D eigenvalue weighted by Gasteiger charge is -2.27. The summed E-state index contributed by atoms with van der Waals surface area (Å²) < 4.78 is 13.7. The van der Waals surface area contributed by atoms with Crippen molar-refractivity contribution in [2.75, 3.05) is 18.9 Å². The Morgan fingerprint density at radius 3 is 3.03 bits per heavy atom. The van der Waals surface area contributed by atoms with Gasteiger partial charge in [0.25, 0.3) is 0 Å². The number of carbonyl (C=O) groups excluding carboxylic acids is 1. The van der Waals surface area contributed by atoms with Crippen LogP contribution in [0, 0.1) is 0 Å². The Bertz CT molecular complexity index is 1050. The molecular weight excluding hydrogens is 408 g/mol. The van der Waals surface area contributed by atoms with E-state index in [0.29, 0.717) is 35.6 Å². The first kappa shape index (κ1) is 18.5. The first-order valence-corrected chi connectivity index (χ1v) is 11.3. The molecule has 1 atom stereocenters. The molecule has 9 heteroatoms. The fourth-order valence-electron chi connectivity index (χ4n) is 3.56. The molecule has 2 aromatic heterocycles. The molecule has 0 bridgehead atoms. The van der Waals surface area contributed by atoms with E-state index < -0.39 is 0 Å². The van der Waals surface area contributed by atoms with Crippen LogP contribution in [0.1, 0.15) is 22.4 Å². The Morgan fingerprint density at radius 1 is 1.28 bits per heavy atom. The summed E-state index contributed by atoms with van der Waals surface area (Å²) in [6.07, 6.45) is 0.615. The zero-order valence-corrected chi connectivity index (χ0v) is 17.5. The van der Waals surface area contributed by atoms with Gasteiger partial charge in [-0.15, -0.1) is 21.5 Å². The molecule has 0 saturated carbocycles. The highest BCUT2D eigenvalue weighted by atomic mass is 32.2. The van der Waals surface area contributed by atoms with E-state index in [0.717, 1.165) is 18.7 Å². The number of aromatic nitrogens is 3. The molecule has 5 rings (SSSR count). The largest absolute Gasteiger partial charge is 0.485 e.